The van der Waals surface area contributed by atoms with Crippen molar-refractivity contribution < 1.29 is 28.6 Å². The fourth-order valence-corrected chi connectivity index (χ4v) is 4.71. The largest absolute Gasteiger partial charge is 0.484 e. The number of piperidine rings is 1. The molecular formula is C22H24Cl2N2O6. The van der Waals surface area contributed by atoms with Gasteiger partial charge < -0.3 is 14.2 Å². The number of esters is 2. The fourth-order valence-electron chi connectivity index (χ4n) is 4.42. The molecule has 0 aliphatic carbocycles. The Bertz CT molecular complexity index is 933. The van der Waals surface area contributed by atoms with Crippen molar-refractivity contribution in [2.75, 3.05) is 32.8 Å². The van der Waals surface area contributed by atoms with Crippen LogP contribution in [0.1, 0.15) is 25.7 Å². The van der Waals surface area contributed by atoms with Gasteiger partial charge in [0.25, 0.3) is 5.91 Å². The Morgan fingerprint density at radius 2 is 1.81 bits per heavy atom. The number of benzene rings is 1. The second-order valence-corrected chi connectivity index (χ2v) is 8.87. The third kappa shape index (κ3) is 4.87. The molecular weight excluding hydrogens is 459 g/mol. The molecule has 32 heavy (non-hydrogen) atoms. The van der Waals surface area contributed by atoms with Gasteiger partial charge in [-0.1, -0.05) is 23.2 Å². The van der Waals surface area contributed by atoms with Gasteiger partial charge in [-0.25, -0.2) is 9.59 Å². The zero-order chi connectivity index (χ0) is 22.7. The van der Waals surface area contributed by atoms with Gasteiger partial charge in [0.05, 0.1) is 16.6 Å². The van der Waals surface area contributed by atoms with Gasteiger partial charge >= 0.3 is 11.9 Å². The summed E-state index contributed by atoms with van der Waals surface area (Å²) in [5, 5.41) is 0.692. The van der Waals surface area contributed by atoms with Crippen LogP contribution in [0.25, 0.3) is 0 Å². The van der Waals surface area contributed by atoms with Crippen LogP contribution < -0.4 is 4.74 Å². The van der Waals surface area contributed by atoms with Crippen LogP contribution >= 0.6 is 23.2 Å². The number of fused-ring (bicyclic) bond motifs is 1. The van der Waals surface area contributed by atoms with E-state index in [0.29, 0.717) is 35.2 Å². The number of amides is 1. The van der Waals surface area contributed by atoms with Crippen molar-refractivity contribution in [2.24, 2.45) is 0 Å². The Hall–Kier alpha value is -2.29. The van der Waals surface area contributed by atoms with E-state index in [1.807, 2.05) is 0 Å². The van der Waals surface area contributed by atoms with E-state index >= 15 is 0 Å². The highest BCUT2D eigenvalue weighted by molar-refractivity contribution is 6.42. The van der Waals surface area contributed by atoms with E-state index in [-0.39, 0.29) is 19.1 Å². The monoisotopic (exact) mass is 482 g/mol. The molecule has 3 aliphatic rings. The quantitative estimate of drug-likeness (QED) is 0.596. The summed E-state index contributed by atoms with van der Waals surface area (Å²) in [4.78, 5) is 41.6. The number of hydrogen-bond acceptors (Lipinski definition) is 7. The Morgan fingerprint density at radius 1 is 1.06 bits per heavy atom. The van der Waals surface area contributed by atoms with E-state index in [1.165, 1.54) is 11.0 Å². The number of halogens is 2. The minimum absolute atomic E-state index is 0.267. The third-order valence-electron chi connectivity index (χ3n) is 5.90. The standard InChI is InChI=1S/C22H24Cl2N2O6/c23-16-6-5-15(12-17(16)24)30-13-19(27)26-11-3-4-18-22(26,14-25-9-1-2-10-25)32-21(29)8-7-20(28)31-18/h5-8,12,18H,1-4,9-11,13-14H2/b8-7+. The molecule has 2 unspecified atom stereocenters. The van der Waals surface area contributed by atoms with E-state index in [9.17, 15) is 14.4 Å². The summed E-state index contributed by atoms with van der Waals surface area (Å²) >= 11 is 12.0. The third-order valence-corrected chi connectivity index (χ3v) is 6.64. The lowest BCUT2D eigenvalue weighted by Crippen LogP contribution is -2.69. The molecule has 0 spiro atoms. The van der Waals surface area contributed by atoms with Gasteiger partial charge in [0.15, 0.2) is 12.7 Å². The zero-order valence-electron chi connectivity index (χ0n) is 17.4. The molecule has 0 radical (unpaired) electrons. The van der Waals surface area contributed by atoms with E-state index in [4.69, 9.17) is 37.4 Å². The summed E-state index contributed by atoms with van der Waals surface area (Å²) in [6.07, 6.45) is 4.43. The minimum Gasteiger partial charge on any atom is -0.484 e. The number of carbonyl (C=O) groups excluding carboxylic acids is 3. The van der Waals surface area contributed by atoms with Gasteiger partial charge in [0.2, 0.25) is 5.72 Å². The van der Waals surface area contributed by atoms with Crippen LogP contribution in [0.15, 0.2) is 30.4 Å². The van der Waals surface area contributed by atoms with Crippen LogP contribution in [-0.4, -0.2) is 72.3 Å². The predicted octanol–water partition coefficient (Wildman–Crippen LogP) is 2.81. The van der Waals surface area contributed by atoms with Crippen LogP contribution in [0.2, 0.25) is 10.0 Å². The van der Waals surface area contributed by atoms with Crippen LogP contribution in [0.4, 0.5) is 0 Å². The molecule has 172 valence electrons. The van der Waals surface area contributed by atoms with Crippen molar-refractivity contribution in [3.8, 4) is 5.75 Å². The van der Waals surface area contributed by atoms with Gasteiger partial charge in [-0.3, -0.25) is 14.6 Å². The highest BCUT2D eigenvalue weighted by Gasteiger charge is 2.55. The Labute approximate surface area is 196 Å². The first-order valence-corrected chi connectivity index (χ1v) is 11.4. The van der Waals surface area contributed by atoms with Crippen molar-refractivity contribution in [3.63, 3.8) is 0 Å². The van der Waals surface area contributed by atoms with Crippen LogP contribution in [-0.2, 0) is 23.9 Å². The molecule has 4 rings (SSSR count). The summed E-state index contributed by atoms with van der Waals surface area (Å²) < 4.78 is 17.2. The second kappa shape index (κ2) is 9.68. The molecule has 0 bridgehead atoms. The van der Waals surface area contributed by atoms with Crippen LogP contribution in [0.5, 0.6) is 5.75 Å². The predicted molar refractivity (Wildman–Crippen MR) is 116 cm³/mol. The number of ether oxygens (including phenoxy) is 3. The Kier molecular flexibility index (Phi) is 6.93. The number of hydrogen-bond donors (Lipinski definition) is 0. The Balaban J connectivity index is 1.60. The molecule has 8 nitrogen and oxygen atoms in total. The van der Waals surface area contributed by atoms with E-state index in [2.05, 4.69) is 4.90 Å². The van der Waals surface area contributed by atoms with Crippen molar-refractivity contribution in [3.05, 3.63) is 40.4 Å². The molecule has 0 N–H and O–H groups in total. The zero-order valence-corrected chi connectivity index (χ0v) is 18.9. The first-order valence-electron chi connectivity index (χ1n) is 10.6. The number of likely N-dealkylation sites (tertiary alicyclic amines) is 2. The summed E-state index contributed by atoms with van der Waals surface area (Å²) in [6.45, 7) is 1.95. The molecule has 0 saturated carbocycles. The summed E-state index contributed by atoms with van der Waals surface area (Å²) in [7, 11) is 0. The van der Waals surface area contributed by atoms with Crippen molar-refractivity contribution in [1.29, 1.82) is 0 Å². The summed E-state index contributed by atoms with van der Waals surface area (Å²) in [6, 6.07) is 4.72. The average molecular weight is 483 g/mol. The van der Waals surface area contributed by atoms with Crippen LogP contribution in [0.3, 0.4) is 0 Å². The highest BCUT2D eigenvalue weighted by atomic mass is 35.5. The molecule has 3 aliphatic heterocycles. The van der Waals surface area contributed by atoms with Crippen LogP contribution in [0, 0.1) is 0 Å². The lowest BCUT2D eigenvalue weighted by atomic mass is 9.92. The SMILES string of the molecule is O=C1/C=C/C(=O)OC2(CN3CCCC3)C(CCCN2C(=O)COc2ccc(Cl)c(Cl)c2)O1. The maximum Gasteiger partial charge on any atom is 0.333 e. The second-order valence-electron chi connectivity index (χ2n) is 8.06. The number of rotatable bonds is 5. The number of carbonyl (C=O) groups is 3. The number of nitrogens with zero attached hydrogens (tertiary/aromatic N) is 2. The molecule has 3 heterocycles. The normalized spacial score (nSPS) is 27.1. The van der Waals surface area contributed by atoms with Crippen molar-refractivity contribution in [2.45, 2.75) is 37.5 Å². The van der Waals surface area contributed by atoms with Gasteiger partial charge in [-0.15, -0.1) is 0 Å². The van der Waals surface area contributed by atoms with Gasteiger partial charge in [-0.2, -0.15) is 0 Å². The maximum absolute atomic E-state index is 13.3. The fraction of sp³-hybridized carbons (Fsp3) is 0.500. The lowest BCUT2D eigenvalue weighted by molar-refractivity contribution is -0.237. The van der Waals surface area contributed by atoms with E-state index < -0.39 is 23.8 Å². The molecule has 2 atom stereocenters. The van der Waals surface area contributed by atoms with Gasteiger partial charge in [-0.05, 0) is 50.9 Å². The van der Waals surface area contributed by atoms with Gasteiger partial charge in [0.1, 0.15) is 5.75 Å². The summed E-state index contributed by atoms with van der Waals surface area (Å²) in [5.74, 6) is -1.30. The summed E-state index contributed by atoms with van der Waals surface area (Å²) in [5.41, 5.74) is -1.42. The maximum atomic E-state index is 13.3. The molecule has 2 fully saturated rings. The smallest absolute Gasteiger partial charge is 0.333 e. The van der Waals surface area contributed by atoms with E-state index in [0.717, 1.165) is 38.1 Å². The molecule has 1 aromatic carbocycles. The lowest BCUT2D eigenvalue weighted by Gasteiger charge is -2.51. The highest BCUT2D eigenvalue weighted by Crippen LogP contribution is 2.36. The average Bonchev–Trinajstić information content (AvgIpc) is 3.26. The minimum atomic E-state index is -1.42. The molecule has 1 amide bonds. The molecule has 2 saturated heterocycles. The topological polar surface area (TPSA) is 85.4 Å². The first-order chi connectivity index (χ1) is 15.4. The first kappa shape index (κ1) is 22.9. The van der Waals surface area contributed by atoms with Crippen molar-refractivity contribution >= 4 is 41.0 Å². The molecule has 0 aromatic heterocycles. The molecule has 10 heteroatoms. The van der Waals surface area contributed by atoms with Gasteiger partial charge in [0, 0.05) is 24.8 Å². The Morgan fingerprint density at radius 3 is 2.56 bits per heavy atom. The molecule has 1 aromatic rings. The van der Waals surface area contributed by atoms with E-state index in [1.54, 1.807) is 12.1 Å². The van der Waals surface area contributed by atoms with Crippen molar-refractivity contribution in [1.82, 2.24) is 9.80 Å².